The third kappa shape index (κ3) is 3.49. The maximum absolute atomic E-state index is 13.2. The molecule has 3 aromatic rings. The number of methoxy groups -OCH3 is 2. The number of aromatic nitrogens is 1. The number of amides is 1. The van der Waals surface area contributed by atoms with Gasteiger partial charge < -0.3 is 19.1 Å². The Morgan fingerprint density at radius 3 is 2.34 bits per heavy atom. The van der Waals surface area contributed by atoms with Gasteiger partial charge in [-0.1, -0.05) is 35.0 Å². The van der Waals surface area contributed by atoms with Crippen molar-refractivity contribution in [3.05, 3.63) is 76.6 Å². The van der Waals surface area contributed by atoms with Crippen LogP contribution in [0.1, 0.15) is 28.5 Å². The maximum atomic E-state index is 13.2. The minimum atomic E-state index is -0.985. The van der Waals surface area contributed by atoms with Crippen LogP contribution in [0.15, 0.2) is 58.6 Å². The van der Waals surface area contributed by atoms with Crippen LogP contribution >= 0.6 is 0 Å². The fourth-order valence-corrected chi connectivity index (χ4v) is 3.74. The van der Waals surface area contributed by atoms with Crippen LogP contribution in [-0.2, 0) is 9.59 Å². The summed E-state index contributed by atoms with van der Waals surface area (Å²) in [5, 5.41) is 15.1. The van der Waals surface area contributed by atoms with Crippen LogP contribution in [0.4, 0.5) is 5.82 Å². The number of hydrogen-bond donors (Lipinski definition) is 1. The Labute approximate surface area is 184 Å². The molecule has 1 aliphatic heterocycles. The lowest BCUT2D eigenvalue weighted by Crippen LogP contribution is -2.30. The number of aliphatic hydroxyl groups excluding tert-OH is 1. The average Bonchev–Trinajstić information content (AvgIpc) is 3.33. The van der Waals surface area contributed by atoms with Gasteiger partial charge in [0.1, 0.15) is 29.1 Å². The molecule has 2 aromatic carbocycles. The largest absolute Gasteiger partial charge is 0.507 e. The number of benzene rings is 2. The van der Waals surface area contributed by atoms with Crippen LogP contribution in [0, 0.1) is 13.8 Å². The van der Waals surface area contributed by atoms with Gasteiger partial charge in [0.15, 0.2) is 5.82 Å². The normalized spacial score (nSPS) is 17.6. The van der Waals surface area contributed by atoms with Gasteiger partial charge in [0.05, 0.1) is 19.8 Å². The summed E-state index contributed by atoms with van der Waals surface area (Å²) in [6, 6.07) is 12.6. The minimum Gasteiger partial charge on any atom is -0.507 e. The number of nitrogens with zero attached hydrogens (tertiary/aromatic N) is 2. The molecule has 1 unspecified atom stereocenters. The van der Waals surface area contributed by atoms with Gasteiger partial charge in [0, 0.05) is 23.3 Å². The molecule has 0 saturated carbocycles. The third-order valence-electron chi connectivity index (χ3n) is 5.37. The Bertz CT molecular complexity index is 1230. The fourth-order valence-electron chi connectivity index (χ4n) is 3.74. The first-order valence-electron chi connectivity index (χ1n) is 9.89. The van der Waals surface area contributed by atoms with E-state index in [1.165, 1.54) is 19.1 Å². The minimum absolute atomic E-state index is 0.0667. The van der Waals surface area contributed by atoms with E-state index in [1.54, 1.807) is 43.3 Å². The van der Waals surface area contributed by atoms with Gasteiger partial charge in [-0.05, 0) is 26.0 Å². The summed E-state index contributed by atoms with van der Waals surface area (Å²) in [6.07, 6.45) is 0. The molecule has 4 rings (SSSR count). The molecule has 1 atom stereocenters. The van der Waals surface area contributed by atoms with E-state index in [-0.39, 0.29) is 17.2 Å². The van der Waals surface area contributed by atoms with Gasteiger partial charge in [-0.25, -0.2) is 0 Å². The van der Waals surface area contributed by atoms with Crippen molar-refractivity contribution in [1.29, 1.82) is 0 Å². The maximum Gasteiger partial charge on any atom is 0.301 e. The van der Waals surface area contributed by atoms with Gasteiger partial charge >= 0.3 is 5.91 Å². The van der Waals surface area contributed by atoms with E-state index < -0.39 is 17.7 Å². The van der Waals surface area contributed by atoms with Crippen molar-refractivity contribution in [1.82, 2.24) is 5.16 Å². The monoisotopic (exact) mass is 434 g/mol. The number of ether oxygens (including phenoxy) is 2. The molecule has 8 nitrogen and oxygen atoms in total. The number of anilines is 1. The number of aliphatic hydroxyl groups is 1. The first-order chi connectivity index (χ1) is 15.3. The number of hydrogen-bond acceptors (Lipinski definition) is 7. The Morgan fingerprint density at radius 1 is 1.03 bits per heavy atom. The van der Waals surface area contributed by atoms with Crippen molar-refractivity contribution in [2.75, 3.05) is 19.1 Å². The standard InChI is InChI=1S/C24H22N2O6/c1-13-5-7-15(8-6-13)22(27)20-21(17-10-9-16(30-3)12-18(17)31-4)26(24(29)23(20)28)19-11-14(2)32-25-19/h5-12,21,27H,1-4H3/b22-20+. The Morgan fingerprint density at radius 2 is 1.75 bits per heavy atom. The molecule has 1 saturated heterocycles. The van der Waals surface area contributed by atoms with Crippen molar-refractivity contribution in [2.24, 2.45) is 0 Å². The third-order valence-corrected chi connectivity index (χ3v) is 5.37. The molecular weight excluding hydrogens is 412 g/mol. The van der Waals surface area contributed by atoms with Gasteiger partial charge in [-0.3, -0.25) is 14.5 Å². The van der Waals surface area contributed by atoms with Gasteiger partial charge in [-0.15, -0.1) is 0 Å². The number of aryl methyl sites for hydroxylation is 2. The predicted molar refractivity (Wildman–Crippen MR) is 117 cm³/mol. The van der Waals surface area contributed by atoms with Crippen LogP contribution < -0.4 is 14.4 Å². The molecule has 0 spiro atoms. The quantitative estimate of drug-likeness (QED) is 0.369. The van der Waals surface area contributed by atoms with Crippen LogP contribution in [0.3, 0.4) is 0 Å². The zero-order valence-corrected chi connectivity index (χ0v) is 18.1. The van der Waals surface area contributed by atoms with E-state index in [0.29, 0.717) is 28.4 Å². The first-order valence-corrected chi connectivity index (χ1v) is 9.89. The molecule has 1 N–H and O–H groups in total. The molecule has 1 aromatic heterocycles. The molecule has 8 heteroatoms. The van der Waals surface area contributed by atoms with Gasteiger partial charge in [0.25, 0.3) is 5.78 Å². The fraction of sp³-hybridized carbons (Fsp3) is 0.208. The lowest BCUT2D eigenvalue weighted by atomic mass is 9.94. The Balaban J connectivity index is 1.98. The van der Waals surface area contributed by atoms with Gasteiger partial charge in [-0.2, -0.15) is 0 Å². The van der Waals surface area contributed by atoms with Crippen LogP contribution in [0.5, 0.6) is 11.5 Å². The van der Waals surface area contributed by atoms with Gasteiger partial charge in [0.2, 0.25) is 0 Å². The molecule has 1 fully saturated rings. The molecule has 0 bridgehead atoms. The highest BCUT2D eigenvalue weighted by Gasteiger charge is 2.49. The molecule has 0 aliphatic carbocycles. The highest BCUT2D eigenvalue weighted by atomic mass is 16.5. The number of Topliss-reactive ketones (excluding diaryl/α,β-unsaturated/α-hetero) is 1. The van der Waals surface area contributed by atoms with E-state index in [9.17, 15) is 14.7 Å². The van der Waals surface area contributed by atoms with Crippen LogP contribution in [-0.4, -0.2) is 36.2 Å². The SMILES string of the molecule is COc1ccc(C2/C(=C(\O)c3ccc(C)cc3)C(=O)C(=O)N2c2cc(C)on2)c(OC)c1. The molecule has 2 heterocycles. The van der Waals surface area contributed by atoms with Crippen molar-refractivity contribution in [2.45, 2.75) is 19.9 Å². The van der Waals surface area contributed by atoms with Crippen LogP contribution in [0.25, 0.3) is 5.76 Å². The predicted octanol–water partition coefficient (Wildman–Crippen LogP) is 3.93. The zero-order valence-electron chi connectivity index (χ0n) is 18.1. The number of carbonyl (C=O) groups excluding carboxylic acids is 2. The molecular formula is C24H22N2O6. The summed E-state index contributed by atoms with van der Waals surface area (Å²) in [5.74, 6) is -0.374. The molecule has 32 heavy (non-hydrogen) atoms. The van der Waals surface area contributed by atoms with Crippen LogP contribution in [0.2, 0.25) is 0 Å². The van der Waals surface area contributed by atoms with E-state index in [2.05, 4.69) is 5.16 Å². The second-order valence-corrected chi connectivity index (χ2v) is 7.44. The summed E-state index contributed by atoms with van der Waals surface area (Å²) in [7, 11) is 3.00. The van der Waals surface area contributed by atoms with Crippen molar-refractivity contribution < 1.29 is 28.7 Å². The lowest BCUT2D eigenvalue weighted by Gasteiger charge is -2.24. The Kier molecular flexibility index (Phi) is 5.44. The van der Waals surface area contributed by atoms with Crippen molar-refractivity contribution >= 4 is 23.3 Å². The molecule has 1 amide bonds. The second-order valence-electron chi connectivity index (χ2n) is 7.44. The summed E-state index contributed by atoms with van der Waals surface area (Å²) < 4.78 is 15.9. The number of rotatable bonds is 5. The van der Waals surface area contributed by atoms with Crippen molar-refractivity contribution in [3.8, 4) is 11.5 Å². The van der Waals surface area contributed by atoms with E-state index in [1.807, 2.05) is 19.1 Å². The molecule has 1 aliphatic rings. The molecule has 0 radical (unpaired) electrons. The average molecular weight is 434 g/mol. The Hall–Kier alpha value is -4.07. The highest BCUT2D eigenvalue weighted by Crippen LogP contribution is 2.45. The topological polar surface area (TPSA) is 102 Å². The second kappa shape index (κ2) is 8.22. The summed E-state index contributed by atoms with van der Waals surface area (Å²) in [5.41, 5.74) is 1.83. The van der Waals surface area contributed by atoms with E-state index >= 15 is 0 Å². The smallest absolute Gasteiger partial charge is 0.301 e. The molecule has 164 valence electrons. The van der Waals surface area contributed by atoms with E-state index in [0.717, 1.165) is 5.56 Å². The summed E-state index contributed by atoms with van der Waals surface area (Å²) >= 11 is 0. The number of carbonyl (C=O) groups is 2. The van der Waals surface area contributed by atoms with E-state index in [4.69, 9.17) is 14.0 Å². The number of ketones is 1. The highest BCUT2D eigenvalue weighted by molar-refractivity contribution is 6.51. The summed E-state index contributed by atoms with van der Waals surface area (Å²) in [4.78, 5) is 27.5. The first kappa shape index (κ1) is 21.2. The van der Waals surface area contributed by atoms with Crippen molar-refractivity contribution in [3.63, 3.8) is 0 Å². The zero-order chi connectivity index (χ0) is 23.0. The summed E-state index contributed by atoms with van der Waals surface area (Å²) in [6.45, 7) is 3.60. The lowest BCUT2D eigenvalue weighted by molar-refractivity contribution is -0.132.